The molecule has 0 aliphatic carbocycles. The molecule has 0 aliphatic rings. The first-order valence-corrected chi connectivity index (χ1v) is 7.09. The van der Waals surface area contributed by atoms with Gasteiger partial charge in [-0.15, -0.1) is 0 Å². The third kappa shape index (κ3) is 3.86. The van der Waals surface area contributed by atoms with Crippen LogP contribution >= 0.6 is 11.6 Å². The molecule has 2 rings (SSSR count). The molecule has 1 unspecified atom stereocenters. The number of methoxy groups -OCH3 is 1. The predicted octanol–water partition coefficient (Wildman–Crippen LogP) is 3.58. The molecular weight excluding hydrogens is 288 g/mol. The zero-order chi connectivity index (χ0) is 15.4. The number of rotatable bonds is 5. The van der Waals surface area contributed by atoms with Crippen molar-refractivity contribution >= 4 is 11.6 Å². The third-order valence-corrected chi connectivity index (χ3v) is 3.23. The number of hydrogen-bond donors (Lipinski definition) is 1. The molecule has 0 saturated carbocycles. The van der Waals surface area contributed by atoms with Crippen LogP contribution in [0.15, 0.2) is 36.7 Å². The van der Waals surface area contributed by atoms with Crippen LogP contribution in [0.25, 0.3) is 0 Å². The summed E-state index contributed by atoms with van der Waals surface area (Å²) in [6.45, 7) is 3.93. The Morgan fingerprint density at radius 3 is 2.62 bits per heavy atom. The molecule has 0 spiro atoms. The molecular formula is C16H19ClN2O2. The summed E-state index contributed by atoms with van der Waals surface area (Å²) in [5.74, 6) is 1.39. The van der Waals surface area contributed by atoms with Gasteiger partial charge in [0.25, 0.3) is 0 Å². The van der Waals surface area contributed by atoms with Crippen LogP contribution in [0, 0.1) is 0 Å². The molecule has 112 valence electrons. The molecule has 2 aromatic rings. The first-order chi connectivity index (χ1) is 10.0. The average molecular weight is 307 g/mol. The van der Waals surface area contributed by atoms with Crippen LogP contribution in [0.2, 0.25) is 5.02 Å². The maximum atomic E-state index is 6.33. The van der Waals surface area contributed by atoms with Crippen LogP contribution in [0.3, 0.4) is 0 Å². The molecule has 2 N–H and O–H groups in total. The van der Waals surface area contributed by atoms with E-state index in [0.29, 0.717) is 16.5 Å². The number of pyridine rings is 1. The predicted molar refractivity (Wildman–Crippen MR) is 84.0 cm³/mol. The maximum absolute atomic E-state index is 6.33. The van der Waals surface area contributed by atoms with E-state index in [-0.39, 0.29) is 12.1 Å². The van der Waals surface area contributed by atoms with Gasteiger partial charge in [-0.3, -0.25) is 4.98 Å². The number of ether oxygens (including phenoxy) is 2. The zero-order valence-electron chi connectivity index (χ0n) is 12.3. The van der Waals surface area contributed by atoms with Crippen LogP contribution in [0.4, 0.5) is 0 Å². The van der Waals surface area contributed by atoms with Gasteiger partial charge in [0.2, 0.25) is 0 Å². The van der Waals surface area contributed by atoms with E-state index < -0.39 is 0 Å². The minimum atomic E-state index is -0.387. The van der Waals surface area contributed by atoms with Gasteiger partial charge in [0.05, 0.1) is 25.5 Å². The quantitative estimate of drug-likeness (QED) is 0.917. The summed E-state index contributed by atoms with van der Waals surface area (Å²) in [7, 11) is 1.61. The van der Waals surface area contributed by atoms with Crippen molar-refractivity contribution in [1.29, 1.82) is 0 Å². The summed E-state index contributed by atoms with van der Waals surface area (Å²) in [5.41, 5.74) is 7.98. The lowest BCUT2D eigenvalue weighted by atomic mass is 10.00. The van der Waals surface area contributed by atoms with Crippen LogP contribution in [0.1, 0.15) is 31.0 Å². The molecule has 0 fully saturated rings. The molecule has 21 heavy (non-hydrogen) atoms. The number of halogens is 1. The van der Waals surface area contributed by atoms with Crippen molar-refractivity contribution in [2.75, 3.05) is 7.11 Å². The summed E-state index contributed by atoms with van der Waals surface area (Å²) >= 11 is 6.05. The second-order valence-corrected chi connectivity index (χ2v) is 5.42. The van der Waals surface area contributed by atoms with Crippen LogP contribution in [-0.2, 0) is 0 Å². The second-order valence-electron chi connectivity index (χ2n) is 4.98. The van der Waals surface area contributed by atoms with Gasteiger partial charge in [0.15, 0.2) is 0 Å². The lowest BCUT2D eigenvalue weighted by Crippen LogP contribution is -2.14. The highest BCUT2D eigenvalue weighted by atomic mass is 35.5. The van der Waals surface area contributed by atoms with E-state index in [1.54, 1.807) is 37.7 Å². The van der Waals surface area contributed by atoms with E-state index in [4.69, 9.17) is 26.8 Å². The number of nitrogens with two attached hydrogens (primary N) is 1. The highest BCUT2D eigenvalue weighted by Gasteiger charge is 2.16. The third-order valence-electron chi connectivity index (χ3n) is 2.99. The summed E-state index contributed by atoms with van der Waals surface area (Å²) in [6.07, 6.45) is 3.47. The molecule has 0 aliphatic heterocycles. The smallest absolute Gasteiger partial charge is 0.138 e. The summed E-state index contributed by atoms with van der Waals surface area (Å²) in [5, 5.41) is 0.615. The number of aromatic nitrogens is 1. The Balaban J connectivity index is 2.35. The molecule has 4 nitrogen and oxygen atoms in total. The lowest BCUT2D eigenvalue weighted by molar-refractivity contribution is 0.241. The number of nitrogens with zero attached hydrogens (tertiary/aromatic N) is 1. The van der Waals surface area contributed by atoms with Crippen LogP contribution < -0.4 is 15.2 Å². The van der Waals surface area contributed by atoms with Crippen molar-refractivity contribution in [2.24, 2.45) is 5.73 Å². The fourth-order valence-electron chi connectivity index (χ4n) is 2.07. The van der Waals surface area contributed by atoms with E-state index in [1.165, 1.54) is 0 Å². The Kier molecular flexibility index (Phi) is 5.04. The van der Waals surface area contributed by atoms with E-state index in [9.17, 15) is 0 Å². The van der Waals surface area contributed by atoms with Gasteiger partial charge >= 0.3 is 0 Å². The maximum Gasteiger partial charge on any atom is 0.138 e. The van der Waals surface area contributed by atoms with Gasteiger partial charge in [0.1, 0.15) is 11.5 Å². The minimum Gasteiger partial charge on any atom is -0.496 e. The van der Waals surface area contributed by atoms with Crippen molar-refractivity contribution in [3.8, 4) is 11.5 Å². The minimum absolute atomic E-state index is 0.0824. The van der Waals surface area contributed by atoms with Crippen molar-refractivity contribution in [1.82, 2.24) is 4.98 Å². The molecule has 5 heteroatoms. The Morgan fingerprint density at radius 1 is 1.19 bits per heavy atom. The largest absolute Gasteiger partial charge is 0.496 e. The molecule has 1 aromatic heterocycles. The summed E-state index contributed by atoms with van der Waals surface area (Å²) in [4.78, 5) is 4.18. The molecule has 0 saturated heterocycles. The fraction of sp³-hybridized carbons (Fsp3) is 0.312. The first-order valence-electron chi connectivity index (χ1n) is 6.72. The van der Waals surface area contributed by atoms with E-state index >= 15 is 0 Å². The van der Waals surface area contributed by atoms with Crippen LogP contribution in [-0.4, -0.2) is 18.2 Å². The Bertz CT molecular complexity index is 617. The van der Waals surface area contributed by atoms with Gasteiger partial charge in [-0.1, -0.05) is 11.6 Å². The Morgan fingerprint density at radius 2 is 1.95 bits per heavy atom. The molecule has 0 amide bonds. The Labute approximate surface area is 129 Å². The Hall–Kier alpha value is -1.78. The number of hydrogen-bond acceptors (Lipinski definition) is 4. The zero-order valence-corrected chi connectivity index (χ0v) is 13.1. The highest BCUT2D eigenvalue weighted by molar-refractivity contribution is 6.30. The average Bonchev–Trinajstić information content (AvgIpc) is 2.46. The standard InChI is InChI=1S/C16H19ClN2O2/c1-10(2)21-13-6-11(8-19-9-13)16(18)14-7-12(17)4-5-15(14)20-3/h4-10,16H,18H2,1-3H3. The van der Waals surface area contributed by atoms with Crippen molar-refractivity contribution in [3.05, 3.63) is 52.8 Å². The molecule has 1 heterocycles. The lowest BCUT2D eigenvalue weighted by Gasteiger charge is -2.17. The van der Waals surface area contributed by atoms with Gasteiger partial charge in [-0.05, 0) is 43.7 Å². The fourth-order valence-corrected chi connectivity index (χ4v) is 2.25. The van der Waals surface area contributed by atoms with Crippen molar-refractivity contribution < 1.29 is 9.47 Å². The number of benzene rings is 1. The van der Waals surface area contributed by atoms with Gasteiger partial charge < -0.3 is 15.2 Å². The normalized spacial score (nSPS) is 12.3. The van der Waals surface area contributed by atoms with Crippen molar-refractivity contribution in [3.63, 3.8) is 0 Å². The highest BCUT2D eigenvalue weighted by Crippen LogP contribution is 2.31. The van der Waals surface area contributed by atoms with Gasteiger partial charge in [-0.25, -0.2) is 0 Å². The molecule has 1 atom stereocenters. The SMILES string of the molecule is COc1ccc(Cl)cc1C(N)c1cncc(OC(C)C)c1. The first kappa shape index (κ1) is 15.6. The van der Waals surface area contributed by atoms with Crippen molar-refractivity contribution in [2.45, 2.75) is 26.0 Å². The van der Waals surface area contributed by atoms with E-state index in [1.807, 2.05) is 19.9 Å². The molecule has 0 radical (unpaired) electrons. The van der Waals surface area contributed by atoms with Gasteiger partial charge in [-0.2, -0.15) is 0 Å². The second kappa shape index (κ2) is 6.78. The van der Waals surface area contributed by atoms with E-state index in [2.05, 4.69) is 4.98 Å². The monoisotopic (exact) mass is 306 g/mol. The topological polar surface area (TPSA) is 57.4 Å². The van der Waals surface area contributed by atoms with Crippen LogP contribution in [0.5, 0.6) is 11.5 Å². The summed E-state index contributed by atoms with van der Waals surface area (Å²) < 4.78 is 11.0. The molecule has 1 aromatic carbocycles. The van der Waals surface area contributed by atoms with Gasteiger partial charge in [0, 0.05) is 16.8 Å². The van der Waals surface area contributed by atoms with E-state index in [0.717, 1.165) is 11.1 Å². The summed E-state index contributed by atoms with van der Waals surface area (Å²) in [6, 6.07) is 6.88. The molecule has 0 bridgehead atoms.